The van der Waals surface area contributed by atoms with E-state index < -0.39 is 0 Å². The van der Waals surface area contributed by atoms with Crippen LogP contribution in [0.5, 0.6) is 0 Å². The number of ether oxygens (including phenoxy) is 1. The fourth-order valence-corrected chi connectivity index (χ4v) is 3.01. The van der Waals surface area contributed by atoms with Crippen LogP contribution in [0.1, 0.15) is 45.5 Å². The van der Waals surface area contributed by atoms with Gasteiger partial charge in [0.05, 0.1) is 23.6 Å². The lowest BCUT2D eigenvalue weighted by atomic mass is 10.2. The molecule has 0 saturated heterocycles. The van der Waals surface area contributed by atoms with Gasteiger partial charge in [0.1, 0.15) is 5.82 Å². The van der Waals surface area contributed by atoms with Crippen LogP contribution in [0.2, 0.25) is 0 Å². The highest BCUT2D eigenvalue weighted by Crippen LogP contribution is 2.21. The first-order valence-electron chi connectivity index (χ1n) is 8.83. The maximum Gasteiger partial charge on any atom is 0.261 e. The van der Waals surface area contributed by atoms with Crippen molar-refractivity contribution in [3.8, 4) is 0 Å². The van der Waals surface area contributed by atoms with Crippen molar-refractivity contribution in [1.29, 1.82) is 0 Å². The number of para-hydroxylation sites is 1. The van der Waals surface area contributed by atoms with E-state index in [-0.39, 0.29) is 17.5 Å². The van der Waals surface area contributed by atoms with Crippen LogP contribution in [0.4, 0.5) is 0 Å². The molecule has 0 fully saturated rings. The van der Waals surface area contributed by atoms with E-state index in [1.54, 1.807) is 22.6 Å². The molecule has 1 atom stereocenters. The number of carbonyl (C=O) groups is 1. The molecule has 136 valence electrons. The third-order valence-corrected chi connectivity index (χ3v) is 4.34. The zero-order valence-electron chi connectivity index (χ0n) is 15.5. The minimum atomic E-state index is -0.300. The van der Waals surface area contributed by atoms with Crippen molar-refractivity contribution in [2.45, 2.75) is 46.2 Å². The second-order valence-corrected chi connectivity index (χ2v) is 6.05. The van der Waals surface area contributed by atoms with Gasteiger partial charge in [-0.15, -0.1) is 0 Å². The highest BCUT2D eigenvalue weighted by molar-refractivity contribution is 5.78. The third-order valence-electron chi connectivity index (χ3n) is 4.34. The number of hydrogen-bond donors (Lipinski definition) is 0. The fraction of sp³-hybridized carbons (Fsp3) is 0.526. The maximum atomic E-state index is 12.9. The Balaban J connectivity index is 2.57. The minimum absolute atomic E-state index is 0.0232. The number of fused-ring (bicyclic) bond motifs is 1. The van der Waals surface area contributed by atoms with Crippen molar-refractivity contribution < 1.29 is 9.53 Å². The molecule has 0 N–H and O–H groups in total. The summed E-state index contributed by atoms with van der Waals surface area (Å²) in [6.07, 6.45) is 1.22. The van der Waals surface area contributed by atoms with Crippen LogP contribution in [0.25, 0.3) is 10.9 Å². The van der Waals surface area contributed by atoms with Crippen molar-refractivity contribution in [2.75, 3.05) is 20.3 Å². The van der Waals surface area contributed by atoms with E-state index in [1.165, 1.54) is 0 Å². The van der Waals surface area contributed by atoms with Gasteiger partial charge in [-0.1, -0.05) is 26.0 Å². The van der Waals surface area contributed by atoms with E-state index in [0.717, 1.165) is 6.42 Å². The summed E-state index contributed by atoms with van der Waals surface area (Å²) in [5.41, 5.74) is 0.613. The monoisotopic (exact) mass is 345 g/mol. The van der Waals surface area contributed by atoms with Gasteiger partial charge in [0, 0.05) is 26.6 Å². The van der Waals surface area contributed by atoms with Crippen molar-refractivity contribution >= 4 is 16.8 Å². The van der Waals surface area contributed by atoms with Crippen molar-refractivity contribution in [3.05, 3.63) is 40.4 Å². The minimum Gasteiger partial charge on any atom is -0.383 e. The van der Waals surface area contributed by atoms with Gasteiger partial charge in [-0.05, 0) is 25.5 Å². The average molecular weight is 345 g/mol. The Morgan fingerprint density at radius 3 is 2.68 bits per heavy atom. The van der Waals surface area contributed by atoms with Gasteiger partial charge in [0.2, 0.25) is 5.91 Å². The lowest BCUT2D eigenvalue weighted by Crippen LogP contribution is -2.39. The van der Waals surface area contributed by atoms with Crippen LogP contribution in [-0.2, 0) is 16.1 Å². The highest BCUT2D eigenvalue weighted by atomic mass is 16.5. The van der Waals surface area contributed by atoms with Crippen LogP contribution >= 0.6 is 0 Å². The Bertz CT molecular complexity index is 785. The number of benzene rings is 1. The van der Waals surface area contributed by atoms with Gasteiger partial charge >= 0.3 is 0 Å². The summed E-state index contributed by atoms with van der Waals surface area (Å²) < 4.78 is 6.85. The molecule has 1 unspecified atom stereocenters. The van der Waals surface area contributed by atoms with Crippen LogP contribution in [0.15, 0.2) is 29.1 Å². The number of nitrogens with zero attached hydrogens (tertiary/aromatic N) is 3. The number of methoxy groups -OCH3 is 1. The van der Waals surface area contributed by atoms with E-state index in [2.05, 4.69) is 0 Å². The topological polar surface area (TPSA) is 64.4 Å². The molecule has 0 aliphatic carbocycles. The first-order valence-corrected chi connectivity index (χ1v) is 8.83. The molecule has 25 heavy (non-hydrogen) atoms. The van der Waals surface area contributed by atoms with Crippen molar-refractivity contribution in [3.63, 3.8) is 0 Å². The van der Waals surface area contributed by atoms with Gasteiger partial charge in [0.15, 0.2) is 0 Å². The van der Waals surface area contributed by atoms with Crippen LogP contribution in [0, 0.1) is 0 Å². The van der Waals surface area contributed by atoms with Crippen molar-refractivity contribution in [2.24, 2.45) is 0 Å². The summed E-state index contributed by atoms with van der Waals surface area (Å²) in [7, 11) is 1.61. The van der Waals surface area contributed by atoms with E-state index >= 15 is 0 Å². The summed E-state index contributed by atoms with van der Waals surface area (Å²) in [6, 6.07) is 7.05. The molecule has 0 saturated carbocycles. The third kappa shape index (κ3) is 4.07. The average Bonchev–Trinajstić information content (AvgIpc) is 2.63. The molecule has 6 heteroatoms. The smallest absolute Gasteiger partial charge is 0.261 e. The van der Waals surface area contributed by atoms with Gasteiger partial charge in [-0.25, -0.2) is 4.98 Å². The summed E-state index contributed by atoms with van der Waals surface area (Å²) in [5.74, 6) is 0.651. The second-order valence-electron chi connectivity index (χ2n) is 6.05. The van der Waals surface area contributed by atoms with Gasteiger partial charge < -0.3 is 9.64 Å². The molecule has 0 spiro atoms. The summed E-state index contributed by atoms with van der Waals surface area (Å²) in [6.45, 7) is 7.28. The lowest BCUT2D eigenvalue weighted by molar-refractivity contribution is -0.134. The molecule has 2 rings (SSSR count). The highest BCUT2D eigenvalue weighted by Gasteiger charge is 2.24. The molecule has 6 nitrogen and oxygen atoms in total. The van der Waals surface area contributed by atoms with Crippen LogP contribution in [-0.4, -0.2) is 40.6 Å². The molecule has 0 bridgehead atoms. The normalized spacial score (nSPS) is 12.3. The van der Waals surface area contributed by atoms with E-state index in [1.807, 2.05) is 39.0 Å². The molecule has 0 radical (unpaired) electrons. The predicted octanol–water partition coefficient (Wildman–Crippen LogP) is 2.75. The van der Waals surface area contributed by atoms with E-state index in [0.29, 0.717) is 42.8 Å². The maximum absolute atomic E-state index is 12.9. The summed E-state index contributed by atoms with van der Waals surface area (Å²) in [4.78, 5) is 31.8. The van der Waals surface area contributed by atoms with E-state index in [4.69, 9.17) is 9.72 Å². The lowest BCUT2D eigenvalue weighted by Gasteiger charge is -2.30. The fourth-order valence-electron chi connectivity index (χ4n) is 3.01. The van der Waals surface area contributed by atoms with Gasteiger partial charge in [-0.2, -0.15) is 0 Å². The Morgan fingerprint density at radius 1 is 1.32 bits per heavy atom. The van der Waals surface area contributed by atoms with Gasteiger partial charge in [-0.3, -0.25) is 14.2 Å². The zero-order valence-corrected chi connectivity index (χ0v) is 15.5. The standard InChI is InChI=1S/C19H27N3O3/c1-5-11-22-18(14(3)21(12-13-25-4)17(23)6-2)20-16-10-8-7-9-15(16)19(22)24/h7-10,14H,5-6,11-13H2,1-4H3. The van der Waals surface area contributed by atoms with E-state index in [9.17, 15) is 9.59 Å². The number of aromatic nitrogens is 2. The number of amides is 1. The quantitative estimate of drug-likeness (QED) is 0.738. The Hall–Kier alpha value is -2.21. The Morgan fingerprint density at radius 2 is 2.04 bits per heavy atom. The molecule has 1 aromatic heterocycles. The molecule has 1 amide bonds. The molecule has 2 aromatic rings. The van der Waals surface area contributed by atoms with Gasteiger partial charge in [0.25, 0.3) is 5.56 Å². The second kappa shape index (κ2) is 8.76. The summed E-state index contributed by atoms with van der Waals surface area (Å²) in [5, 5.41) is 0.608. The number of rotatable bonds is 8. The molecule has 0 aliphatic rings. The predicted molar refractivity (Wildman–Crippen MR) is 98.6 cm³/mol. The summed E-state index contributed by atoms with van der Waals surface area (Å²) >= 11 is 0. The molecule has 1 aromatic carbocycles. The zero-order chi connectivity index (χ0) is 18.4. The molecular weight excluding hydrogens is 318 g/mol. The molecule has 0 aliphatic heterocycles. The van der Waals surface area contributed by atoms with Crippen LogP contribution < -0.4 is 5.56 Å². The molecule has 1 heterocycles. The van der Waals surface area contributed by atoms with Crippen LogP contribution in [0.3, 0.4) is 0 Å². The number of hydrogen-bond acceptors (Lipinski definition) is 4. The van der Waals surface area contributed by atoms with Crippen molar-refractivity contribution in [1.82, 2.24) is 14.5 Å². The molecular formula is C19H27N3O3. The first kappa shape index (κ1) is 19.1. The largest absolute Gasteiger partial charge is 0.383 e. The Labute approximate surface area is 148 Å². The number of carbonyl (C=O) groups excluding carboxylic acids is 1. The SMILES string of the molecule is CCCn1c(C(C)N(CCOC)C(=O)CC)nc2ccccc2c1=O. The Kier molecular flexibility index (Phi) is 6.70. The first-order chi connectivity index (χ1) is 12.0.